The zero-order valence-electron chi connectivity index (χ0n) is 17.6. The number of aromatic nitrogens is 1. The highest BCUT2D eigenvalue weighted by atomic mass is 79.9. The lowest BCUT2D eigenvalue weighted by Crippen LogP contribution is -1.92. The van der Waals surface area contributed by atoms with Gasteiger partial charge in [-0.1, -0.05) is 66.7 Å². The first kappa shape index (κ1) is 19.1. The molecule has 2 heterocycles. The molecule has 7 aromatic rings. The maximum atomic E-state index is 3.72. The minimum Gasteiger partial charge on any atom is -0.309 e. The lowest BCUT2D eigenvalue weighted by molar-refractivity contribution is 1.18. The zero-order chi connectivity index (χ0) is 21.9. The van der Waals surface area contributed by atoms with Crippen LogP contribution >= 0.6 is 27.3 Å². The van der Waals surface area contributed by atoms with E-state index in [9.17, 15) is 0 Å². The second kappa shape index (κ2) is 7.31. The Morgan fingerprint density at radius 2 is 1.27 bits per heavy atom. The zero-order valence-corrected chi connectivity index (χ0v) is 20.0. The van der Waals surface area contributed by atoms with E-state index in [0.29, 0.717) is 0 Å². The first-order valence-corrected chi connectivity index (χ1v) is 12.6. The number of nitrogens with zero attached hydrogens (tertiary/aromatic N) is 1. The predicted octanol–water partition coefficient (Wildman–Crippen LogP) is 9.58. The summed E-state index contributed by atoms with van der Waals surface area (Å²) in [5.41, 5.74) is 6.16. The molecule has 0 saturated heterocycles. The van der Waals surface area contributed by atoms with Gasteiger partial charge in [0.15, 0.2) is 0 Å². The Balaban J connectivity index is 1.46. The number of hydrogen-bond donors (Lipinski definition) is 0. The van der Waals surface area contributed by atoms with Crippen LogP contribution in [0.3, 0.4) is 0 Å². The van der Waals surface area contributed by atoms with Crippen molar-refractivity contribution in [3.05, 3.63) is 114 Å². The average Bonchev–Trinajstić information content (AvgIpc) is 3.40. The fraction of sp³-hybridized carbons (Fsp3) is 0. The Morgan fingerprint density at radius 1 is 0.545 bits per heavy atom. The Bertz CT molecular complexity index is 1830. The van der Waals surface area contributed by atoms with Gasteiger partial charge in [-0.3, -0.25) is 0 Å². The number of para-hydroxylation sites is 2. The van der Waals surface area contributed by atoms with Crippen molar-refractivity contribution in [2.45, 2.75) is 0 Å². The topological polar surface area (TPSA) is 4.93 Å². The third-order valence-electron chi connectivity index (χ3n) is 6.47. The summed E-state index contributed by atoms with van der Waals surface area (Å²) >= 11 is 5.57. The van der Waals surface area contributed by atoms with Crippen LogP contribution in [0.4, 0.5) is 0 Å². The molecule has 5 aromatic carbocycles. The average molecular weight is 504 g/mol. The summed E-state index contributed by atoms with van der Waals surface area (Å²) in [7, 11) is 0. The highest BCUT2D eigenvalue weighted by Gasteiger charge is 2.14. The summed E-state index contributed by atoms with van der Waals surface area (Å²) in [4.78, 5) is 0. The van der Waals surface area contributed by atoms with Crippen molar-refractivity contribution in [1.82, 2.24) is 4.57 Å². The first-order valence-electron chi connectivity index (χ1n) is 11.0. The molecule has 0 N–H and O–H groups in total. The largest absolute Gasteiger partial charge is 0.309 e. The maximum absolute atomic E-state index is 3.72. The van der Waals surface area contributed by atoms with Crippen LogP contribution in [0.15, 0.2) is 114 Å². The van der Waals surface area contributed by atoms with Crippen LogP contribution in [0.5, 0.6) is 0 Å². The van der Waals surface area contributed by atoms with Crippen LogP contribution in [0.1, 0.15) is 0 Å². The van der Waals surface area contributed by atoms with Crippen LogP contribution in [0.2, 0.25) is 0 Å². The van der Waals surface area contributed by atoms with Gasteiger partial charge in [-0.25, -0.2) is 0 Å². The molecule has 0 aliphatic carbocycles. The quantitative estimate of drug-likeness (QED) is 0.221. The number of benzene rings is 5. The van der Waals surface area contributed by atoms with Gasteiger partial charge in [0.05, 0.1) is 11.0 Å². The SMILES string of the molecule is Brc1cccc2c1sc1cc(-c3ccc4c(c3)c3ccccc3n4-c3ccccc3)ccc12. The molecule has 0 fully saturated rings. The van der Waals surface area contributed by atoms with Crippen molar-refractivity contribution in [2.75, 3.05) is 0 Å². The second-order valence-electron chi connectivity index (χ2n) is 8.35. The van der Waals surface area contributed by atoms with Gasteiger partial charge < -0.3 is 4.57 Å². The molecule has 3 heteroatoms. The van der Waals surface area contributed by atoms with Crippen LogP contribution < -0.4 is 0 Å². The van der Waals surface area contributed by atoms with E-state index in [1.807, 2.05) is 11.3 Å². The Morgan fingerprint density at radius 3 is 2.18 bits per heavy atom. The molecule has 0 bridgehead atoms. The van der Waals surface area contributed by atoms with Gasteiger partial charge in [-0.15, -0.1) is 11.3 Å². The molecule has 1 nitrogen and oxygen atoms in total. The van der Waals surface area contributed by atoms with E-state index in [4.69, 9.17) is 0 Å². The first-order chi connectivity index (χ1) is 16.3. The van der Waals surface area contributed by atoms with Gasteiger partial charge in [0.2, 0.25) is 0 Å². The number of thiophene rings is 1. The summed E-state index contributed by atoms with van der Waals surface area (Å²) in [5, 5.41) is 5.20. The van der Waals surface area contributed by atoms with Crippen molar-refractivity contribution >= 4 is 69.2 Å². The molecular weight excluding hydrogens is 486 g/mol. The lowest BCUT2D eigenvalue weighted by atomic mass is 10.0. The highest BCUT2D eigenvalue weighted by molar-refractivity contribution is 9.10. The van der Waals surface area contributed by atoms with E-state index in [1.54, 1.807) is 0 Å². The minimum atomic E-state index is 1.16. The fourth-order valence-electron chi connectivity index (χ4n) is 4.95. The number of halogens is 1. The van der Waals surface area contributed by atoms with E-state index < -0.39 is 0 Å². The summed E-state index contributed by atoms with van der Waals surface area (Å²) < 4.78 is 6.16. The normalized spacial score (nSPS) is 11.8. The van der Waals surface area contributed by atoms with Crippen LogP contribution in [0, 0.1) is 0 Å². The maximum Gasteiger partial charge on any atom is 0.0541 e. The summed E-state index contributed by atoms with van der Waals surface area (Å²) in [6.45, 7) is 0. The standard InChI is InChI=1S/C30H18BrNS/c31-26-11-6-10-24-23-15-13-20(18-29(23)33-30(24)26)19-14-16-28-25(17-19)22-9-4-5-12-27(22)32(28)21-7-2-1-3-8-21/h1-18H. The van der Waals surface area contributed by atoms with Gasteiger partial charge in [0.25, 0.3) is 0 Å². The monoisotopic (exact) mass is 503 g/mol. The molecule has 7 rings (SSSR count). The van der Waals surface area contributed by atoms with Crippen LogP contribution in [-0.4, -0.2) is 4.57 Å². The number of fused-ring (bicyclic) bond motifs is 6. The Kier molecular flexibility index (Phi) is 4.23. The molecule has 0 amide bonds. The smallest absolute Gasteiger partial charge is 0.0541 e. The van der Waals surface area contributed by atoms with Gasteiger partial charge in [0, 0.05) is 41.1 Å². The van der Waals surface area contributed by atoms with E-state index >= 15 is 0 Å². The molecule has 33 heavy (non-hydrogen) atoms. The van der Waals surface area contributed by atoms with E-state index in [1.165, 1.54) is 58.8 Å². The van der Waals surface area contributed by atoms with E-state index in [-0.39, 0.29) is 0 Å². The molecule has 0 unspecified atom stereocenters. The van der Waals surface area contributed by atoms with Gasteiger partial charge in [-0.05, 0) is 69.5 Å². The van der Waals surface area contributed by atoms with Gasteiger partial charge in [0.1, 0.15) is 0 Å². The molecule has 0 aliphatic rings. The summed E-state index contributed by atoms with van der Waals surface area (Å²) in [6.07, 6.45) is 0. The minimum absolute atomic E-state index is 1.16. The van der Waals surface area contributed by atoms with Crippen molar-refractivity contribution in [3.8, 4) is 16.8 Å². The summed E-state index contributed by atoms with van der Waals surface area (Å²) in [6, 6.07) is 39.5. The summed E-state index contributed by atoms with van der Waals surface area (Å²) in [5.74, 6) is 0. The molecule has 0 atom stereocenters. The van der Waals surface area contributed by atoms with Crippen molar-refractivity contribution in [1.29, 1.82) is 0 Å². The molecule has 156 valence electrons. The highest BCUT2D eigenvalue weighted by Crippen LogP contribution is 2.40. The van der Waals surface area contributed by atoms with Crippen LogP contribution in [-0.2, 0) is 0 Å². The Hall–Kier alpha value is -3.40. The van der Waals surface area contributed by atoms with Gasteiger partial charge >= 0.3 is 0 Å². The molecular formula is C30H18BrNS. The second-order valence-corrected chi connectivity index (χ2v) is 10.3. The van der Waals surface area contributed by atoms with E-state index in [2.05, 4.69) is 130 Å². The molecule has 0 aliphatic heterocycles. The Labute approximate surface area is 203 Å². The predicted molar refractivity (Wildman–Crippen MR) is 147 cm³/mol. The number of rotatable bonds is 2. The van der Waals surface area contributed by atoms with Crippen molar-refractivity contribution in [2.24, 2.45) is 0 Å². The third-order valence-corrected chi connectivity index (χ3v) is 8.60. The molecule has 0 saturated carbocycles. The van der Waals surface area contributed by atoms with Crippen LogP contribution in [0.25, 0.3) is 58.8 Å². The lowest BCUT2D eigenvalue weighted by Gasteiger charge is -2.08. The third kappa shape index (κ3) is 2.90. The molecule has 2 aromatic heterocycles. The molecule has 0 radical (unpaired) electrons. The van der Waals surface area contributed by atoms with Gasteiger partial charge in [-0.2, -0.15) is 0 Å². The van der Waals surface area contributed by atoms with Crippen molar-refractivity contribution < 1.29 is 0 Å². The fourth-order valence-corrected chi connectivity index (χ4v) is 6.71. The van der Waals surface area contributed by atoms with E-state index in [0.717, 1.165) is 4.47 Å². The molecule has 0 spiro atoms. The van der Waals surface area contributed by atoms with Crippen molar-refractivity contribution in [3.63, 3.8) is 0 Å². The number of hydrogen-bond acceptors (Lipinski definition) is 1.